The van der Waals surface area contributed by atoms with Crippen molar-refractivity contribution in [2.24, 2.45) is 0 Å². The molecule has 0 spiro atoms. The van der Waals surface area contributed by atoms with E-state index in [-0.39, 0.29) is 22.4 Å². The van der Waals surface area contributed by atoms with Gasteiger partial charge >= 0.3 is 11.9 Å². The molecule has 2 unspecified atom stereocenters. The fraction of sp³-hybridized carbons (Fsp3) is 0.667. The fourth-order valence-electron chi connectivity index (χ4n) is 1.21. The zero-order valence-electron chi connectivity index (χ0n) is 5.20. The maximum absolute atomic E-state index is 10.8. The molecular weight excluding hydrogens is 152 g/mol. The summed E-state index contributed by atoms with van der Waals surface area (Å²) in [5, 5.41) is -0.106. The predicted octanol–water partition coefficient (Wildman–Crippen LogP) is 0.334. The van der Waals surface area contributed by atoms with Gasteiger partial charge in [0, 0.05) is 0 Å². The summed E-state index contributed by atoms with van der Waals surface area (Å²) >= 11 is 1.44. The molecule has 0 aromatic carbocycles. The summed E-state index contributed by atoms with van der Waals surface area (Å²) in [7, 11) is 0. The highest BCUT2D eigenvalue weighted by molar-refractivity contribution is 8.02. The monoisotopic (exact) mass is 158 g/mol. The maximum Gasteiger partial charge on any atom is 0.326 e. The van der Waals surface area contributed by atoms with E-state index in [0.717, 1.165) is 12.8 Å². The van der Waals surface area contributed by atoms with E-state index in [1.54, 1.807) is 0 Å². The van der Waals surface area contributed by atoms with Crippen molar-refractivity contribution in [3.8, 4) is 0 Å². The number of hydrogen-bond donors (Lipinski definition) is 0. The molecule has 2 heterocycles. The first-order chi connectivity index (χ1) is 4.77. The summed E-state index contributed by atoms with van der Waals surface area (Å²) in [6.07, 6.45) is 1.61. The number of esters is 2. The second-order valence-corrected chi connectivity index (χ2v) is 3.84. The lowest BCUT2D eigenvalue weighted by atomic mass is 10.2. The fourth-order valence-corrected chi connectivity index (χ4v) is 2.47. The van der Waals surface area contributed by atoms with Gasteiger partial charge in [-0.05, 0) is 12.8 Å². The van der Waals surface area contributed by atoms with Crippen LogP contribution < -0.4 is 0 Å². The molecule has 0 radical (unpaired) electrons. The molecule has 2 aliphatic rings. The predicted molar refractivity (Wildman–Crippen MR) is 35.5 cm³/mol. The minimum Gasteiger partial charge on any atom is -0.391 e. The van der Waals surface area contributed by atoms with Gasteiger partial charge in [-0.3, -0.25) is 9.59 Å². The van der Waals surface area contributed by atoms with E-state index in [1.165, 1.54) is 11.8 Å². The van der Waals surface area contributed by atoms with Crippen LogP contribution in [0.15, 0.2) is 0 Å². The smallest absolute Gasteiger partial charge is 0.326 e. The Hall–Kier alpha value is -0.510. The molecule has 2 atom stereocenters. The van der Waals surface area contributed by atoms with E-state index in [0.29, 0.717) is 0 Å². The summed E-state index contributed by atoms with van der Waals surface area (Å²) in [5.41, 5.74) is 0. The van der Waals surface area contributed by atoms with Crippen LogP contribution in [0.4, 0.5) is 0 Å². The van der Waals surface area contributed by atoms with Gasteiger partial charge in [-0.15, -0.1) is 11.8 Å². The Labute approximate surface area is 62.1 Å². The first-order valence-electron chi connectivity index (χ1n) is 3.18. The molecular formula is C6H6O3S. The molecule has 0 aromatic rings. The van der Waals surface area contributed by atoms with Gasteiger partial charge in [0.2, 0.25) is 0 Å². The molecule has 0 N–H and O–H groups in total. The van der Waals surface area contributed by atoms with Gasteiger partial charge in [0.1, 0.15) is 10.5 Å². The van der Waals surface area contributed by atoms with Crippen LogP contribution in [0.2, 0.25) is 0 Å². The van der Waals surface area contributed by atoms with Crippen molar-refractivity contribution in [3.05, 3.63) is 0 Å². The highest BCUT2D eigenvalue weighted by Gasteiger charge is 2.42. The topological polar surface area (TPSA) is 43.4 Å². The molecule has 0 saturated carbocycles. The Kier molecular flexibility index (Phi) is 1.23. The van der Waals surface area contributed by atoms with E-state index in [2.05, 4.69) is 4.74 Å². The van der Waals surface area contributed by atoms with Crippen molar-refractivity contribution in [2.45, 2.75) is 23.3 Å². The average molecular weight is 158 g/mol. The summed E-state index contributed by atoms with van der Waals surface area (Å²) < 4.78 is 4.47. The summed E-state index contributed by atoms with van der Waals surface area (Å²) in [6, 6.07) is 0. The molecule has 0 aliphatic carbocycles. The second kappa shape index (κ2) is 1.99. The van der Waals surface area contributed by atoms with Crippen LogP contribution in [-0.2, 0) is 14.3 Å². The maximum atomic E-state index is 10.8. The number of thioether (sulfide) groups is 1. The highest BCUT2D eigenvalue weighted by Crippen LogP contribution is 2.38. The third-order valence-electron chi connectivity index (χ3n) is 1.75. The molecule has 54 valence electrons. The van der Waals surface area contributed by atoms with Crippen LogP contribution in [0.1, 0.15) is 12.8 Å². The van der Waals surface area contributed by atoms with Crippen molar-refractivity contribution in [1.29, 1.82) is 0 Å². The molecule has 0 aromatic heterocycles. The Morgan fingerprint density at radius 2 is 1.70 bits per heavy atom. The number of rotatable bonds is 0. The van der Waals surface area contributed by atoms with Crippen LogP contribution in [0.3, 0.4) is 0 Å². The second-order valence-electron chi connectivity index (χ2n) is 2.43. The lowest BCUT2D eigenvalue weighted by molar-refractivity contribution is -0.158. The third-order valence-corrected chi connectivity index (χ3v) is 3.26. The van der Waals surface area contributed by atoms with Gasteiger partial charge in [-0.2, -0.15) is 0 Å². The molecule has 4 heteroatoms. The Balaban J connectivity index is 2.24. The zero-order chi connectivity index (χ0) is 7.14. The van der Waals surface area contributed by atoms with Crippen molar-refractivity contribution in [3.63, 3.8) is 0 Å². The summed E-state index contributed by atoms with van der Waals surface area (Å²) in [5.74, 6) is -0.687. The average Bonchev–Trinajstić information content (AvgIpc) is 2.28. The number of ether oxygens (including phenoxy) is 1. The number of cyclic esters (lactones) is 2. The number of carbonyl (C=O) groups is 2. The van der Waals surface area contributed by atoms with Gasteiger partial charge in [-0.25, -0.2) is 0 Å². The van der Waals surface area contributed by atoms with E-state index < -0.39 is 0 Å². The lowest BCUT2D eigenvalue weighted by Crippen LogP contribution is -2.30. The molecule has 2 bridgehead atoms. The lowest BCUT2D eigenvalue weighted by Gasteiger charge is -2.14. The number of hydrogen-bond acceptors (Lipinski definition) is 4. The zero-order valence-corrected chi connectivity index (χ0v) is 6.02. The van der Waals surface area contributed by atoms with E-state index in [1.807, 2.05) is 0 Å². The molecule has 10 heavy (non-hydrogen) atoms. The molecule has 3 nitrogen and oxygen atoms in total. The Bertz CT molecular complexity index is 181. The van der Waals surface area contributed by atoms with Crippen LogP contribution in [0.25, 0.3) is 0 Å². The van der Waals surface area contributed by atoms with Gasteiger partial charge in [0.05, 0.1) is 0 Å². The SMILES string of the molecule is O=C1OC(=O)C2CCC1S2. The highest BCUT2D eigenvalue weighted by atomic mass is 32.2. The quantitative estimate of drug-likeness (QED) is 0.376. The number of fused-ring (bicyclic) bond motifs is 2. The molecule has 0 amide bonds. The number of carbonyl (C=O) groups excluding carboxylic acids is 2. The van der Waals surface area contributed by atoms with Crippen molar-refractivity contribution in [1.82, 2.24) is 0 Å². The minimum atomic E-state index is -0.344. The van der Waals surface area contributed by atoms with Gasteiger partial charge in [-0.1, -0.05) is 0 Å². The van der Waals surface area contributed by atoms with E-state index >= 15 is 0 Å². The Morgan fingerprint density at radius 3 is 2.20 bits per heavy atom. The van der Waals surface area contributed by atoms with Crippen molar-refractivity contribution < 1.29 is 14.3 Å². The minimum absolute atomic E-state index is 0.0531. The molecule has 2 fully saturated rings. The molecule has 2 saturated heterocycles. The molecule has 2 aliphatic heterocycles. The van der Waals surface area contributed by atoms with Crippen molar-refractivity contribution >= 4 is 23.7 Å². The standard InChI is InChI=1S/C6H6O3S/c7-5-3-1-2-4(10-3)6(8)9-5/h3-4H,1-2H2. The summed E-state index contributed by atoms with van der Waals surface area (Å²) in [4.78, 5) is 21.6. The Morgan fingerprint density at radius 1 is 1.20 bits per heavy atom. The van der Waals surface area contributed by atoms with Gasteiger partial charge < -0.3 is 4.74 Å². The van der Waals surface area contributed by atoms with E-state index in [9.17, 15) is 9.59 Å². The van der Waals surface area contributed by atoms with Gasteiger partial charge in [0.25, 0.3) is 0 Å². The van der Waals surface area contributed by atoms with Crippen molar-refractivity contribution in [2.75, 3.05) is 0 Å². The first kappa shape index (κ1) is 6.22. The van der Waals surface area contributed by atoms with Gasteiger partial charge in [0.15, 0.2) is 0 Å². The summed E-state index contributed by atoms with van der Waals surface area (Å²) in [6.45, 7) is 0. The largest absolute Gasteiger partial charge is 0.391 e. The normalized spacial score (nSPS) is 38.0. The van der Waals surface area contributed by atoms with Crippen LogP contribution in [-0.4, -0.2) is 22.4 Å². The molecule has 2 rings (SSSR count). The van der Waals surface area contributed by atoms with Crippen LogP contribution in [0.5, 0.6) is 0 Å². The third kappa shape index (κ3) is 0.751. The first-order valence-corrected chi connectivity index (χ1v) is 4.12. The van der Waals surface area contributed by atoms with Crippen LogP contribution >= 0.6 is 11.8 Å². The van der Waals surface area contributed by atoms with E-state index in [4.69, 9.17) is 0 Å². The van der Waals surface area contributed by atoms with Crippen LogP contribution in [0, 0.1) is 0 Å².